The van der Waals surface area contributed by atoms with E-state index in [1.807, 2.05) is 18.9 Å². The third-order valence-corrected chi connectivity index (χ3v) is 6.18. The average molecular weight is 521 g/mol. The molecule has 4 rings (SSSR count). The molecular formula is C24H28F4N8O. The summed E-state index contributed by atoms with van der Waals surface area (Å²) < 4.78 is 57.6. The Kier molecular flexibility index (Phi) is 7.58. The van der Waals surface area contributed by atoms with E-state index in [4.69, 9.17) is 5.73 Å². The van der Waals surface area contributed by atoms with Gasteiger partial charge in [0.05, 0.1) is 30.7 Å². The fourth-order valence-electron chi connectivity index (χ4n) is 4.28. The van der Waals surface area contributed by atoms with E-state index in [0.717, 1.165) is 0 Å². The number of amides is 1. The molecule has 4 heterocycles. The zero-order chi connectivity index (χ0) is 26.7. The number of likely N-dealkylation sites (tertiary alicyclic amines) is 1. The van der Waals surface area contributed by atoms with Gasteiger partial charge in [-0.1, -0.05) is 12.0 Å². The molecule has 0 aromatic carbocycles. The fraction of sp³-hybridized carbons (Fsp3) is 0.458. The summed E-state index contributed by atoms with van der Waals surface area (Å²) in [4.78, 5) is 14.2. The molecular weight excluding hydrogens is 492 g/mol. The maximum Gasteiger partial charge on any atom is 0.393 e. The van der Waals surface area contributed by atoms with Gasteiger partial charge in [0.1, 0.15) is 29.1 Å². The van der Waals surface area contributed by atoms with Crippen LogP contribution in [0.4, 0.5) is 29.2 Å². The number of halogens is 4. The highest BCUT2D eigenvalue weighted by molar-refractivity contribution is 5.98. The molecule has 2 atom stereocenters. The van der Waals surface area contributed by atoms with E-state index < -0.39 is 30.7 Å². The number of pyridine rings is 1. The first-order chi connectivity index (χ1) is 17.6. The van der Waals surface area contributed by atoms with Crippen LogP contribution in [0, 0.1) is 11.8 Å². The molecule has 3 aromatic heterocycles. The Labute approximate surface area is 211 Å². The monoisotopic (exact) mass is 520 g/mol. The number of nitrogens with zero attached hydrogens (tertiary/aromatic N) is 5. The van der Waals surface area contributed by atoms with Crippen molar-refractivity contribution in [2.75, 3.05) is 37.7 Å². The van der Waals surface area contributed by atoms with E-state index in [-0.39, 0.29) is 41.2 Å². The summed E-state index contributed by atoms with van der Waals surface area (Å²) in [5.74, 6) is 5.40. The summed E-state index contributed by atoms with van der Waals surface area (Å²) in [5, 5.41) is 14.0. The van der Waals surface area contributed by atoms with Crippen LogP contribution in [0.1, 0.15) is 35.0 Å². The van der Waals surface area contributed by atoms with Crippen molar-refractivity contribution in [1.29, 1.82) is 0 Å². The van der Waals surface area contributed by atoms with Crippen molar-refractivity contribution >= 4 is 23.1 Å². The molecule has 0 spiro atoms. The molecule has 1 aliphatic heterocycles. The van der Waals surface area contributed by atoms with E-state index in [1.54, 1.807) is 12.1 Å². The highest BCUT2D eigenvalue weighted by Gasteiger charge is 2.32. The fourth-order valence-corrected chi connectivity index (χ4v) is 4.28. The summed E-state index contributed by atoms with van der Waals surface area (Å²) in [5.41, 5.74) is 6.12. The van der Waals surface area contributed by atoms with Crippen LogP contribution >= 0.6 is 0 Å². The number of fused-ring (bicyclic) bond motifs is 1. The van der Waals surface area contributed by atoms with Crippen LogP contribution in [-0.2, 0) is 13.0 Å². The van der Waals surface area contributed by atoms with Crippen LogP contribution in [0.3, 0.4) is 0 Å². The van der Waals surface area contributed by atoms with Crippen molar-refractivity contribution < 1.29 is 22.4 Å². The second-order valence-corrected chi connectivity index (χ2v) is 8.89. The first-order valence-electron chi connectivity index (χ1n) is 11.8. The molecule has 0 unspecified atom stereocenters. The van der Waals surface area contributed by atoms with E-state index in [2.05, 4.69) is 32.7 Å². The SMILES string of the molecule is CCn1ncc(C(=O)NCC#Cc2nn3c(N[C@@H]4CCN(C)C[C@@H]4F)cccc3c2CC(F)(F)F)c1N. The number of carbonyl (C=O) groups is 1. The Morgan fingerprint density at radius 1 is 1.32 bits per heavy atom. The van der Waals surface area contributed by atoms with Gasteiger partial charge in [-0.25, -0.2) is 13.6 Å². The minimum absolute atomic E-state index is 0.0701. The van der Waals surface area contributed by atoms with Crippen LogP contribution in [0.25, 0.3) is 5.52 Å². The van der Waals surface area contributed by atoms with Gasteiger partial charge in [-0.3, -0.25) is 4.79 Å². The van der Waals surface area contributed by atoms with Gasteiger partial charge in [0, 0.05) is 25.2 Å². The highest BCUT2D eigenvalue weighted by atomic mass is 19.4. The first kappa shape index (κ1) is 26.3. The van der Waals surface area contributed by atoms with E-state index in [9.17, 15) is 22.4 Å². The Morgan fingerprint density at radius 3 is 2.78 bits per heavy atom. The lowest BCUT2D eigenvalue weighted by atomic mass is 10.0. The topological polar surface area (TPSA) is 106 Å². The van der Waals surface area contributed by atoms with Crippen LogP contribution in [0.5, 0.6) is 0 Å². The van der Waals surface area contributed by atoms with E-state index >= 15 is 0 Å². The van der Waals surface area contributed by atoms with Crippen molar-refractivity contribution in [3.05, 3.63) is 41.2 Å². The smallest absolute Gasteiger partial charge is 0.383 e. The minimum Gasteiger partial charge on any atom is -0.383 e. The molecule has 0 saturated carbocycles. The number of hydrogen-bond donors (Lipinski definition) is 3. The number of piperidine rings is 1. The van der Waals surface area contributed by atoms with E-state index in [1.165, 1.54) is 21.5 Å². The summed E-state index contributed by atoms with van der Waals surface area (Å²) in [7, 11) is 1.83. The van der Waals surface area contributed by atoms with Gasteiger partial charge in [-0.05, 0) is 38.4 Å². The molecule has 0 aliphatic carbocycles. The lowest BCUT2D eigenvalue weighted by Crippen LogP contribution is -2.46. The quantitative estimate of drug-likeness (QED) is 0.341. The molecule has 13 heteroatoms. The number of nitrogens with one attached hydrogen (secondary N) is 2. The Balaban J connectivity index is 1.58. The number of aryl methyl sites for hydroxylation is 1. The van der Waals surface area contributed by atoms with Gasteiger partial charge in [0.25, 0.3) is 5.91 Å². The van der Waals surface area contributed by atoms with Crippen LogP contribution in [-0.4, -0.2) is 75.3 Å². The molecule has 1 aliphatic rings. The van der Waals surface area contributed by atoms with Gasteiger partial charge in [-0.15, -0.1) is 0 Å². The van der Waals surface area contributed by atoms with Crippen molar-refractivity contribution in [3.8, 4) is 11.8 Å². The molecule has 37 heavy (non-hydrogen) atoms. The lowest BCUT2D eigenvalue weighted by Gasteiger charge is -2.33. The second-order valence-electron chi connectivity index (χ2n) is 8.89. The maximum absolute atomic E-state index is 14.6. The number of alkyl halides is 4. The standard InChI is InChI=1S/C24H28F4N8O/c1-3-35-22(29)16(13-31-35)23(37)30-10-5-6-18-15(12-24(26,27)28)20-7-4-8-21(36(20)33-18)32-19-9-11-34(2)14-17(19)25/h4,7-8,13,17,19,32H,3,9-12,14,29H2,1-2H3,(H,30,37)/t17-,19+/m0/s1. The zero-order valence-electron chi connectivity index (χ0n) is 20.4. The number of nitrogens with two attached hydrogens (primary N) is 1. The first-order valence-corrected chi connectivity index (χ1v) is 11.8. The van der Waals surface area contributed by atoms with Crippen LogP contribution in [0.15, 0.2) is 24.4 Å². The Morgan fingerprint density at radius 2 is 2.11 bits per heavy atom. The van der Waals surface area contributed by atoms with Crippen molar-refractivity contribution in [1.82, 2.24) is 29.6 Å². The number of nitrogen functional groups attached to an aromatic ring is 1. The lowest BCUT2D eigenvalue weighted by molar-refractivity contribution is -0.127. The summed E-state index contributed by atoms with van der Waals surface area (Å²) >= 11 is 0. The van der Waals surface area contributed by atoms with Gasteiger partial charge >= 0.3 is 6.18 Å². The predicted octanol–water partition coefficient (Wildman–Crippen LogP) is 2.47. The van der Waals surface area contributed by atoms with Gasteiger partial charge < -0.3 is 21.3 Å². The van der Waals surface area contributed by atoms with Crippen molar-refractivity contribution in [2.24, 2.45) is 0 Å². The van der Waals surface area contributed by atoms with Crippen molar-refractivity contribution in [2.45, 2.75) is 44.7 Å². The Bertz CT molecular complexity index is 1340. The van der Waals surface area contributed by atoms with Gasteiger partial charge in [-0.2, -0.15) is 23.4 Å². The van der Waals surface area contributed by atoms with Crippen LogP contribution < -0.4 is 16.4 Å². The predicted molar refractivity (Wildman–Crippen MR) is 131 cm³/mol. The number of carbonyl (C=O) groups excluding carboxylic acids is 1. The number of hydrogen-bond acceptors (Lipinski definition) is 6. The summed E-state index contributed by atoms with van der Waals surface area (Å²) in [6.07, 6.45) is -4.99. The molecule has 4 N–H and O–H groups in total. The van der Waals surface area contributed by atoms with Crippen LogP contribution in [0.2, 0.25) is 0 Å². The molecule has 1 saturated heterocycles. The molecule has 198 valence electrons. The zero-order valence-corrected chi connectivity index (χ0v) is 20.4. The van der Waals surface area contributed by atoms with Gasteiger partial charge in [0.2, 0.25) is 0 Å². The molecule has 0 bridgehead atoms. The van der Waals surface area contributed by atoms with Crippen molar-refractivity contribution in [3.63, 3.8) is 0 Å². The molecule has 1 amide bonds. The molecule has 0 radical (unpaired) electrons. The molecule has 9 nitrogen and oxygen atoms in total. The maximum atomic E-state index is 14.6. The summed E-state index contributed by atoms with van der Waals surface area (Å²) in [6.45, 7) is 3.14. The number of rotatable bonds is 6. The average Bonchev–Trinajstić information content (AvgIpc) is 3.38. The second kappa shape index (κ2) is 10.7. The Hall–Kier alpha value is -3.79. The molecule has 3 aromatic rings. The van der Waals surface area contributed by atoms with E-state index in [0.29, 0.717) is 25.3 Å². The minimum atomic E-state index is -4.49. The molecule has 1 fully saturated rings. The van der Waals surface area contributed by atoms with Gasteiger partial charge in [0.15, 0.2) is 0 Å². The number of aromatic nitrogens is 4. The third kappa shape index (κ3) is 5.96. The highest BCUT2D eigenvalue weighted by Crippen LogP contribution is 2.28. The summed E-state index contributed by atoms with van der Waals surface area (Å²) in [6, 6.07) is 4.26. The largest absolute Gasteiger partial charge is 0.393 e. The number of anilines is 2. The normalized spacial score (nSPS) is 18.4. The third-order valence-electron chi connectivity index (χ3n) is 6.18.